The van der Waals surface area contributed by atoms with Crippen LogP contribution in [0.3, 0.4) is 0 Å². The molecule has 0 fully saturated rings. The van der Waals surface area contributed by atoms with E-state index in [1.54, 1.807) is 19.2 Å². The minimum atomic E-state index is -0.250. The summed E-state index contributed by atoms with van der Waals surface area (Å²) in [7, 11) is 1.59. The van der Waals surface area contributed by atoms with Crippen LogP contribution >= 0.6 is 0 Å². The molecule has 0 aliphatic heterocycles. The first kappa shape index (κ1) is 17.5. The highest BCUT2D eigenvalue weighted by Crippen LogP contribution is 2.31. The van der Waals surface area contributed by atoms with E-state index in [0.29, 0.717) is 30.4 Å². The minimum Gasteiger partial charge on any atom is -0.497 e. The zero-order chi connectivity index (χ0) is 16.8. The van der Waals surface area contributed by atoms with Crippen molar-refractivity contribution in [2.24, 2.45) is 5.92 Å². The Balaban J connectivity index is 2.47. The standard InChI is InChI=1S/C20H25FO2/c1-5-23-13-16-11-15(10-14(2)3)6-8-18(16)19-12-17(22-4)7-9-20(19)21/h6-9,11-12,14H,5,10,13H2,1-4H3. The van der Waals surface area contributed by atoms with Gasteiger partial charge in [-0.05, 0) is 54.2 Å². The molecular weight excluding hydrogens is 291 g/mol. The molecule has 0 bridgehead atoms. The van der Waals surface area contributed by atoms with Crippen molar-refractivity contribution in [3.05, 3.63) is 53.3 Å². The van der Waals surface area contributed by atoms with Crippen molar-refractivity contribution in [2.45, 2.75) is 33.8 Å². The van der Waals surface area contributed by atoms with Crippen molar-refractivity contribution in [2.75, 3.05) is 13.7 Å². The molecule has 0 saturated heterocycles. The average molecular weight is 316 g/mol. The molecule has 2 nitrogen and oxygen atoms in total. The topological polar surface area (TPSA) is 18.5 Å². The zero-order valence-corrected chi connectivity index (χ0v) is 14.4. The number of rotatable bonds is 7. The average Bonchev–Trinajstić information content (AvgIpc) is 2.53. The number of ether oxygens (including phenoxy) is 2. The van der Waals surface area contributed by atoms with Crippen molar-refractivity contribution >= 4 is 0 Å². The molecule has 2 rings (SSSR count). The lowest BCUT2D eigenvalue weighted by Crippen LogP contribution is -2.00. The summed E-state index contributed by atoms with van der Waals surface area (Å²) in [5, 5.41) is 0. The zero-order valence-electron chi connectivity index (χ0n) is 14.4. The van der Waals surface area contributed by atoms with E-state index < -0.39 is 0 Å². The smallest absolute Gasteiger partial charge is 0.131 e. The Bertz CT molecular complexity index is 650. The van der Waals surface area contributed by atoms with Crippen molar-refractivity contribution in [1.82, 2.24) is 0 Å². The molecule has 0 heterocycles. The summed E-state index contributed by atoms with van der Waals surface area (Å²) >= 11 is 0. The van der Waals surface area contributed by atoms with E-state index >= 15 is 0 Å². The maximum absolute atomic E-state index is 14.3. The van der Waals surface area contributed by atoms with Gasteiger partial charge in [-0.3, -0.25) is 0 Å². The predicted octanol–water partition coefficient (Wildman–Crippen LogP) is 5.24. The van der Waals surface area contributed by atoms with Crippen LogP contribution in [0.1, 0.15) is 31.9 Å². The molecule has 0 saturated carbocycles. The highest BCUT2D eigenvalue weighted by molar-refractivity contribution is 5.69. The summed E-state index contributed by atoms with van der Waals surface area (Å²) in [6.07, 6.45) is 1.000. The molecule has 124 valence electrons. The third-order valence-electron chi connectivity index (χ3n) is 3.74. The van der Waals surface area contributed by atoms with E-state index in [1.165, 1.54) is 11.6 Å². The molecule has 0 radical (unpaired) electrons. The van der Waals surface area contributed by atoms with Gasteiger partial charge in [0.15, 0.2) is 0 Å². The first-order valence-electron chi connectivity index (χ1n) is 8.08. The van der Waals surface area contributed by atoms with Crippen LogP contribution in [0.15, 0.2) is 36.4 Å². The second kappa shape index (κ2) is 8.11. The van der Waals surface area contributed by atoms with Crippen molar-refractivity contribution in [3.63, 3.8) is 0 Å². The van der Waals surface area contributed by atoms with Crippen LogP contribution in [0.25, 0.3) is 11.1 Å². The molecule has 3 heteroatoms. The largest absolute Gasteiger partial charge is 0.497 e. The van der Waals surface area contributed by atoms with Crippen LogP contribution in [0.2, 0.25) is 0 Å². The number of hydrogen-bond acceptors (Lipinski definition) is 2. The van der Waals surface area contributed by atoms with Crippen LogP contribution in [0, 0.1) is 11.7 Å². The van der Waals surface area contributed by atoms with Crippen LogP contribution in [-0.2, 0) is 17.8 Å². The fourth-order valence-corrected chi connectivity index (χ4v) is 2.68. The van der Waals surface area contributed by atoms with Crippen molar-refractivity contribution in [3.8, 4) is 16.9 Å². The van der Waals surface area contributed by atoms with Gasteiger partial charge < -0.3 is 9.47 Å². The first-order chi connectivity index (χ1) is 11.0. The second-order valence-electron chi connectivity index (χ2n) is 6.07. The Hall–Kier alpha value is -1.87. The van der Waals surface area contributed by atoms with E-state index in [-0.39, 0.29) is 5.82 Å². The van der Waals surface area contributed by atoms with E-state index in [1.807, 2.05) is 13.0 Å². The lowest BCUT2D eigenvalue weighted by molar-refractivity contribution is 0.134. The van der Waals surface area contributed by atoms with Gasteiger partial charge in [-0.1, -0.05) is 32.0 Å². The van der Waals surface area contributed by atoms with Gasteiger partial charge in [0.2, 0.25) is 0 Å². The van der Waals surface area contributed by atoms with Crippen molar-refractivity contribution in [1.29, 1.82) is 0 Å². The molecule has 2 aromatic carbocycles. The third kappa shape index (κ3) is 4.55. The molecule has 0 N–H and O–H groups in total. The van der Waals surface area contributed by atoms with Crippen molar-refractivity contribution < 1.29 is 13.9 Å². The lowest BCUT2D eigenvalue weighted by Gasteiger charge is -2.15. The maximum Gasteiger partial charge on any atom is 0.131 e. The summed E-state index contributed by atoms with van der Waals surface area (Å²) in [4.78, 5) is 0. The summed E-state index contributed by atoms with van der Waals surface area (Å²) in [5.74, 6) is 0.976. The van der Waals surface area contributed by atoms with Gasteiger partial charge in [0, 0.05) is 12.2 Å². The Labute approximate surface area is 138 Å². The van der Waals surface area contributed by atoms with Gasteiger partial charge in [-0.25, -0.2) is 4.39 Å². The predicted molar refractivity (Wildman–Crippen MR) is 92.3 cm³/mol. The quantitative estimate of drug-likeness (QED) is 0.696. The number of hydrogen-bond donors (Lipinski definition) is 0. The summed E-state index contributed by atoms with van der Waals surface area (Å²) in [6, 6.07) is 11.0. The second-order valence-corrected chi connectivity index (χ2v) is 6.07. The molecule has 0 unspecified atom stereocenters. The summed E-state index contributed by atoms with van der Waals surface area (Å²) in [6.45, 7) is 7.46. The van der Waals surface area contributed by atoms with E-state index in [9.17, 15) is 4.39 Å². The van der Waals surface area contributed by atoms with Gasteiger partial charge >= 0.3 is 0 Å². The Morgan fingerprint density at radius 3 is 2.48 bits per heavy atom. The highest BCUT2D eigenvalue weighted by Gasteiger charge is 2.13. The molecule has 0 amide bonds. The van der Waals surface area contributed by atoms with Crippen LogP contribution in [-0.4, -0.2) is 13.7 Å². The van der Waals surface area contributed by atoms with Crippen LogP contribution < -0.4 is 4.74 Å². The molecular formula is C20H25FO2. The Morgan fingerprint density at radius 1 is 1.04 bits per heavy atom. The van der Waals surface area contributed by atoms with E-state index in [0.717, 1.165) is 17.5 Å². The van der Waals surface area contributed by atoms with Gasteiger partial charge in [-0.2, -0.15) is 0 Å². The Kier molecular flexibility index (Phi) is 6.17. The fourth-order valence-electron chi connectivity index (χ4n) is 2.68. The minimum absolute atomic E-state index is 0.250. The summed E-state index contributed by atoms with van der Waals surface area (Å²) in [5.41, 5.74) is 3.68. The monoisotopic (exact) mass is 316 g/mol. The molecule has 23 heavy (non-hydrogen) atoms. The van der Waals surface area contributed by atoms with E-state index in [4.69, 9.17) is 9.47 Å². The van der Waals surface area contributed by atoms with Gasteiger partial charge in [0.25, 0.3) is 0 Å². The van der Waals surface area contributed by atoms with Gasteiger partial charge in [-0.15, -0.1) is 0 Å². The van der Waals surface area contributed by atoms with E-state index in [2.05, 4.69) is 26.0 Å². The maximum atomic E-state index is 14.3. The van der Waals surface area contributed by atoms with Crippen LogP contribution in [0.4, 0.5) is 4.39 Å². The molecule has 0 aromatic heterocycles. The van der Waals surface area contributed by atoms with Gasteiger partial charge in [0.05, 0.1) is 13.7 Å². The molecule has 0 atom stereocenters. The molecule has 0 aliphatic rings. The summed E-state index contributed by atoms with van der Waals surface area (Å²) < 4.78 is 25.1. The third-order valence-corrected chi connectivity index (χ3v) is 3.74. The normalized spacial score (nSPS) is 11.0. The highest BCUT2D eigenvalue weighted by atomic mass is 19.1. The number of methoxy groups -OCH3 is 1. The molecule has 0 spiro atoms. The molecule has 2 aromatic rings. The lowest BCUT2D eigenvalue weighted by atomic mass is 9.94. The fraction of sp³-hybridized carbons (Fsp3) is 0.400. The number of halogens is 1. The molecule has 0 aliphatic carbocycles. The van der Waals surface area contributed by atoms with Gasteiger partial charge in [0.1, 0.15) is 11.6 Å². The Morgan fingerprint density at radius 2 is 1.83 bits per heavy atom. The number of benzene rings is 2. The first-order valence-corrected chi connectivity index (χ1v) is 8.08. The van der Waals surface area contributed by atoms with Crippen LogP contribution in [0.5, 0.6) is 5.75 Å². The SMILES string of the molecule is CCOCc1cc(CC(C)C)ccc1-c1cc(OC)ccc1F.